The Morgan fingerprint density at radius 2 is 2.09 bits per heavy atom. The van der Waals surface area contributed by atoms with Crippen molar-refractivity contribution < 1.29 is 19.0 Å². The number of pyridine rings is 1. The Labute approximate surface area is 196 Å². The molecule has 5 rings (SSSR count). The lowest BCUT2D eigenvalue weighted by atomic mass is 9.85. The molecular weight excluding hydrogens is 460 g/mol. The van der Waals surface area contributed by atoms with Crippen LogP contribution in [0.1, 0.15) is 37.3 Å². The summed E-state index contributed by atoms with van der Waals surface area (Å²) in [6.07, 6.45) is 5.14. The maximum atomic E-state index is 12.7. The minimum absolute atomic E-state index is 0.0706. The molecule has 1 aliphatic heterocycles. The second kappa shape index (κ2) is 8.44. The number of aromatic amines is 1. The molecule has 2 aliphatic rings. The summed E-state index contributed by atoms with van der Waals surface area (Å²) >= 11 is 0. The lowest BCUT2D eigenvalue weighted by Crippen LogP contribution is -2.27. The van der Waals surface area contributed by atoms with Crippen molar-refractivity contribution in [3.8, 4) is 6.07 Å². The summed E-state index contributed by atoms with van der Waals surface area (Å²) in [6, 6.07) is 8.92. The van der Waals surface area contributed by atoms with Gasteiger partial charge in [0, 0.05) is 18.4 Å². The first-order chi connectivity index (χ1) is 16.3. The van der Waals surface area contributed by atoms with E-state index in [9.17, 15) is 24.0 Å². The minimum atomic E-state index is -3.37. The van der Waals surface area contributed by atoms with Crippen molar-refractivity contribution in [3.05, 3.63) is 46.4 Å². The van der Waals surface area contributed by atoms with E-state index in [1.807, 2.05) is 0 Å². The molecule has 0 spiro atoms. The van der Waals surface area contributed by atoms with E-state index >= 15 is 0 Å². The third-order valence-electron chi connectivity index (χ3n) is 6.48. The molecule has 1 aromatic carbocycles. The highest BCUT2D eigenvalue weighted by molar-refractivity contribution is 8.22. The number of aliphatic carboxylic acids is 1. The van der Waals surface area contributed by atoms with Crippen LogP contribution in [0.3, 0.4) is 0 Å². The summed E-state index contributed by atoms with van der Waals surface area (Å²) < 4.78 is 23.9. The molecule has 0 saturated heterocycles. The Morgan fingerprint density at radius 3 is 2.85 bits per heavy atom. The van der Waals surface area contributed by atoms with Crippen molar-refractivity contribution in [1.82, 2.24) is 19.1 Å². The number of hydrogen-bond acceptors (Lipinski definition) is 8. The monoisotopic (exact) mass is 484 g/mol. The van der Waals surface area contributed by atoms with E-state index in [1.165, 1.54) is 0 Å². The number of anilines is 2. The van der Waals surface area contributed by atoms with Gasteiger partial charge in [-0.05, 0) is 42.7 Å². The topological polar surface area (TPSA) is 168 Å². The number of aromatic nitrogens is 3. The summed E-state index contributed by atoms with van der Waals surface area (Å²) in [6.45, 7) is -0.424. The van der Waals surface area contributed by atoms with Gasteiger partial charge in [0.2, 0.25) is 0 Å². The standard InChI is InChI=1S/C22H24N6O5S/c23-10-13-3-1-2-4-16(13)28-17-7-8-24-22(31)20(17)21(26-28)25-15-5-6-18-14(9-15)11-27(12-19(29)30)34(18,32)33/h5-9,13,16,32-33H,1-4,11-12H2,(H,24,31)(H,25,26)(H,29,30). The number of carboxylic acid groups (broad SMARTS) is 1. The zero-order chi connectivity index (χ0) is 24.0. The summed E-state index contributed by atoms with van der Waals surface area (Å²) in [7, 11) is -3.37. The van der Waals surface area contributed by atoms with Gasteiger partial charge in [-0.1, -0.05) is 12.8 Å². The van der Waals surface area contributed by atoms with Crippen molar-refractivity contribution in [3.63, 3.8) is 0 Å². The molecule has 1 fully saturated rings. The molecule has 34 heavy (non-hydrogen) atoms. The molecule has 2 atom stereocenters. The Balaban J connectivity index is 1.52. The number of nitrogens with one attached hydrogen (secondary N) is 2. The highest BCUT2D eigenvalue weighted by Crippen LogP contribution is 2.58. The lowest BCUT2D eigenvalue weighted by Gasteiger charge is -2.36. The van der Waals surface area contributed by atoms with Gasteiger partial charge in [-0.2, -0.15) is 14.7 Å². The first-order valence-electron chi connectivity index (χ1n) is 10.9. The highest BCUT2D eigenvalue weighted by Gasteiger charge is 2.36. The van der Waals surface area contributed by atoms with Crippen LogP contribution in [-0.2, 0) is 11.3 Å². The van der Waals surface area contributed by atoms with Gasteiger partial charge < -0.3 is 15.4 Å². The van der Waals surface area contributed by atoms with Crippen LogP contribution in [0, 0.1) is 17.2 Å². The average Bonchev–Trinajstić information content (AvgIpc) is 3.28. The van der Waals surface area contributed by atoms with Crippen molar-refractivity contribution in [2.75, 3.05) is 11.9 Å². The Hall–Kier alpha value is -3.37. The molecule has 178 valence electrons. The van der Waals surface area contributed by atoms with E-state index in [-0.39, 0.29) is 29.0 Å². The predicted molar refractivity (Wildman–Crippen MR) is 126 cm³/mol. The molecule has 2 aromatic heterocycles. The van der Waals surface area contributed by atoms with Gasteiger partial charge in [0.15, 0.2) is 5.82 Å². The van der Waals surface area contributed by atoms with Crippen molar-refractivity contribution in [2.45, 2.75) is 43.2 Å². The number of hydrogen-bond donors (Lipinski definition) is 5. The zero-order valence-corrected chi connectivity index (χ0v) is 19.0. The summed E-state index contributed by atoms with van der Waals surface area (Å²) in [5, 5.41) is 27.0. The second-order valence-corrected chi connectivity index (χ2v) is 10.6. The number of rotatable bonds is 5. The number of carbonyl (C=O) groups is 1. The van der Waals surface area contributed by atoms with E-state index in [1.54, 1.807) is 35.1 Å². The van der Waals surface area contributed by atoms with Gasteiger partial charge in [0.05, 0.1) is 28.4 Å². The number of nitrogens with zero attached hydrogens (tertiary/aromatic N) is 4. The normalized spacial score (nSPS) is 22.7. The van der Waals surface area contributed by atoms with Crippen molar-refractivity contribution >= 4 is 39.2 Å². The van der Waals surface area contributed by atoms with Crippen molar-refractivity contribution in [1.29, 1.82) is 5.26 Å². The third kappa shape index (κ3) is 3.72. The molecule has 0 bridgehead atoms. The molecular formula is C22H24N6O5S. The highest BCUT2D eigenvalue weighted by atomic mass is 32.3. The van der Waals surface area contributed by atoms with E-state index in [2.05, 4.69) is 16.4 Å². The third-order valence-corrected chi connectivity index (χ3v) is 8.44. The molecule has 5 N–H and O–H groups in total. The zero-order valence-electron chi connectivity index (χ0n) is 18.1. The molecule has 2 unspecified atom stereocenters. The number of benzene rings is 1. The summed E-state index contributed by atoms with van der Waals surface area (Å²) in [5.41, 5.74) is 1.49. The Morgan fingerprint density at radius 1 is 1.29 bits per heavy atom. The Bertz CT molecular complexity index is 1380. The first-order valence-corrected chi connectivity index (χ1v) is 12.4. The summed E-state index contributed by atoms with van der Waals surface area (Å²) in [4.78, 5) is 26.8. The molecule has 11 nitrogen and oxygen atoms in total. The van der Waals surface area contributed by atoms with Crippen LogP contribution in [0.15, 0.2) is 40.2 Å². The van der Waals surface area contributed by atoms with E-state index < -0.39 is 23.3 Å². The molecule has 1 saturated carbocycles. The molecule has 3 aromatic rings. The largest absolute Gasteiger partial charge is 0.480 e. The maximum absolute atomic E-state index is 12.7. The maximum Gasteiger partial charge on any atom is 0.319 e. The van der Waals surface area contributed by atoms with Gasteiger partial charge in [0.25, 0.3) is 5.56 Å². The van der Waals surface area contributed by atoms with Crippen LogP contribution >= 0.6 is 10.8 Å². The first kappa shape index (κ1) is 22.4. The molecule has 0 radical (unpaired) electrons. The molecule has 1 aliphatic carbocycles. The average molecular weight is 485 g/mol. The molecule has 3 heterocycles. The van der Waals surface area contributed by atoms with Gasteiger partial charge in [-0.15, -0.1) is 10.8 Å². The van der Waals surface area contributed by atoms with Gasteiger partial charge >= 0.3 is 5.97 Å². The second-order valence-electron chi connectivity index (χ2n) is 8.61. The summed E-state index contributed by atoms with van der Waals surface area (Å²) in [5.74, 6) is -0.999. The van der Waals surface area contributed by atoms with Gasteiger partial charge in [-0.3, -0.25) is 23.4 Å². The number of fused-ring (bicyclic) bond motifs is 2. The minimum Gasteiger partial charge on any atom is -0.480 e. The SMILES string of the molecule is N#CC1CCCCC1n1nc(Nc2ccc3c(c2)CN(CC(=O)O)S3(O)O)c2c(=O)[nH]ccc21. The van der Waals surface area contributed by atoms with Crippen LogP contribution in [0.2, 0.25) is 0 Å². The number of nitriles is 1. The number of H-pyrrole nitrogens is 1. The smallest absolute Gasteiger partial charge is 0.319 e. The fourth-order valence-corrected chi connectivity index (χ4v) is 6.51. The van der Waals surface area contributed by atoms with Crippen LogP contribution < -0.4 is 10.9 Å². The fourth-order valence-electron chi connectivity index (χ4n) is 4.89. The lowest BCUT2D eigenvalue weighted by molar-refractivity contribution is -0.137. The van der Waals surface area contributed by atoms with Crippen molar-refractivity contribution in [2.24, 2.45) is 5.92 Å². The van der Waals surface area contributed by atoms with Crippen LogP contribution in [0.25, 0.3) is 10.9 Å². The molecule has 0 amide bonds. The fraction of sp³-hybridized carbons (Fsp3) is 0.364. The van der Waals surface area contributed by atoms with Crippen LogP contribution in [0.5, 0.6) is 0 Å². The number of carboxylic acids is 1. The van der Waals surface area contributed by atoms with E-state index in [0.29, 0.717) is 28.0 Å². The quantitative estimate of drug-likeness (QED) is 0.363. The van der Waals surface area contributed by atoms with Gasteiger partial charge in [0.1, 0.15) is 11.9 Å². The van der Waals surface area contributed by atoms with E-state index in [0.717, 1.165) is 30.0 Å². The van der Waals surface area contributed by atoms with Crippen LogP contribution in [0.4, 0.5) is 11.5 Å². The molecule has 12 heteroatoms. The predicted octanol–water partition coefficient (Wildman–Crippen LogP) is 3.65. The van der Waals surface area contributed by atoms with Gasteiger partial charge in [-0.25, -0.2) is 0 Å². The Kier molecular flexibility index (Phi) is 5.57. The van der Waals surface area contributed by atoms with Crippen LogP contribution in [-0.4, -0.2) is 45.8 Å². The van der Waals surface area contributed by atoms with E-state index in [4.69, 9.17) is 10.2 Å².